The maximum absolute atomic E-state index is 12.5. The Morgan fingerprint density at radius 2 is 1.81 bits per heavy atom. The van der Waals surface area contributed by atoms with Gasteiger partial charge in [0.15, 0.2) is 11.5 Å². The number of amides is 1. The second-order valence-electron chi connectivity index (χ2n) is 6.04. The molecule has 1 heterocycles. The predicted octanol–water partition coefficient (Wildman–Crippen LogP) is 1.66. The van der Waals surface area contributed by atoms with Gasteiger partial charge in [0, 0.05) is 13.6 Å². The van der Waals surface area contributed by atoms with E-state index in [1.165, 1.54) is 19.2 Å². The first kappa shape index (κ1) is 18.2. The van der Waals surface area contributed by atoms with Gasteiger partial charge >= 0.3 is 0 Å². The summed E-state index contributed by atoms with van der Waals surface area (Å²) < 4.78 is 36.6. The van der Waals surface area contributed by atoms with E-state index in [0.29, 0.717) is 11.5 Å². The summed E-state index contributed by atoms with van der Waals surface area (Å²) in [4.78, 5) is 12.3. The minimum absolute atomic E-state index is 0.161. The first-order chi connectivity index (χ1) is 12.4. The molecule has 7 nitrogen and oxygen atoms in total. The van der Waals surface area contributed by atoms with Gasteiger partial charge in [0.2, 0.25) is 22.7 Å². The largest absolute Gasteiger partial charge is 0.454 e. The number of nitrogens with zero attached hydrogens (tertiary/aromatic N) is 1. The fourth-order valence-corrected chi connectivity index (χ4v) is 3.61. The summed E-state index contributed by atoms with van der Waals surface area (Å²) in [6.07, 6.45) is 0. The third kappa shape index (κ3) is 3.97. The molecule has 0 fully saturated rings. The molecule has 26 heavy (non-hydrogen) atoms. The van der Waals surface area contributed by atoms with Crippen molar-refractivity contribution in [2.75, 3.05) is 20.4 Å². The first-order valence-corrected chi connectivity index (χ1v) is 9.48. The van der Waals surface area contributed by atoms with Crippen molar-refractivity contribution in [1.82, 2.24) is 9.62 Å². The molecule has 3 rings (SSSR count). The van der Waals surface area contributed by atoms with Crippen LogP contribution in [0.5, 0.6) is 11.5 Å². The highest BCUT2D eigenvalue weighted by molar-refractivity contribution is 7.89. The fraction of sp³-hybridized carbons (Fsp3) is 0.278. The minimum atomic E-state index is -3.71. The summed E-state index contributed by atoms with van der Waals surface area (Å²) in [5.74, 6) is 0.917. The summed E-state index contributed by atoms with van der Waals surface area (Å²) in [5.41, 5.74) is 1.81. The van der Waals surface area contributed by atoms with E-state index in [-0.39, 0.29) is 30.7 Å². The highest BCUT2D eigenvalue weighted by Gasteiger charge is 2.22. The lowest BCUT2D eigenvalue weighted by molar-refractivity contribution is -0.121. The summed E-state index contributed by atoms with van der Waals surface area (Å²) in [6.45, 7) is 2.07. The average Bonchev–Trinajstić information content (AvgIpc) is 3.08. The number of hydrogen-bond acceptors (Lipinski definition) is 5. The Hall–Kier alpha value is -2.58. The summed E-state index contributed by atoms with van der Waals surface area (Å²) in [7, 11) is -2.32. The van der Waals surface area contributed by atoms with Gasteiger partial charge in [-0.1, -0.05) is 23.8 Å². The quantitative estimate of drug-likeness (QED) is 0.829. The van der Waals surface area contributed by atoms with Crippen LogP contribution in [0.2, 0.25) is 0 Å². The molecule has 0 atom stereocenters. The van der Waals surface area contributed by atoms with Crippen LogP contribution in [0.25, 0.3) is 0 Å². The first-order valence-electron chi connectivity index (χ1n) is 8.04. The Bertz CT molecular complexity index is 910. The number of nitrogens with one attached hydrogen (secondary N) is 1. The number of rotatable bonds is 6. The number of ether oxygens (including phenoxy) is 2. The summed E-state index contributed by atoms with van der Waals surface area (Å²) >= 11 is 0. The topological polar surface area (TPSA) is 84.9 Å². The number of likely N-dealkylation sites (N-methyl/N-ethyl adjacent to an activating group) is 1. The Kier molecular flexibility index (Phi) is 5.15. The maximum atomic E-state index is 12.5. The van der Waals surface area contributed by atoms with Crippen molar-refractivity contribution in [2.45, 2.75) is 18.4 Å². The van der Waals surface area contributed by atoms with Gasteiger partial charge in [0.05, 0.1) is 11.4 Å². The molecule has 0 aromatic heterocycles. The SMILES string of the molecule is Cc1ccc(S(=O)(=O)N(C)CC(=O)NCc2ccc3c(c2)OCO3)cc1. The number of fused-ring (bicyclic) bond motifs is 1. The van der Waals surface area contributed by atoms with Gasteiger partial charge in [-0.3, -0.25) is 4.79 Å². The van der Waals surface area contributed by atoms with Crippen LogP contribution in [0.3, 0.4) is 0 Å². The van der Waals surface area contributed by atoms with Crippen molar-refractivity contribution >= 4 is 15.9 Å². The standard InChI is InChI=1S/C18H20N2O5S/c1-13-3-6-15(7-4-13)26(22,23)20(2)11-18(21)19-10-14-5-8-16-17(9-14)25-12-24-16/h3-9H,10-12H2,1-2H3,(H,19,21). The summed E-state index contributed by atoms with van der Waals surface area (Å²) in [5, 5.41) is 2.71. The lowest BCUT2D eigenvalue weighted by Gasteiger charge is -2.17. The second-order valence-corrected chi connectivity index (χ2v) is 8.08. The van der Waals surface area contributed by atoms with E-state index >= 15 is 0 Å². The number of carbonyl (C=O) groups is 1. The third-order valence-corrected chi connectivity index (χ3v) is 5.84. The third-order valence-electron chi connectivity index (χ3n) is 4.02. The molecule has 138 valence electrons. The van der Waals surface area contributed by atoms with Gasteiger partial charge in [0.25, 0.3) is 0 Å². The number of aryl methyl sites for hydroxylation is 1. The molecule has 0 saturated heterocycles. The van der Waals surface area contributed by atoms with E-state index < -0.39 is 10.0 Å². The highest BCUT2D eigenvalue weighted by atomic mass is 32.2. The molecule has 1 aliphatic heterocycles. The zero-order chi connectivity index (χ0) is 18.7. The molecule has 1 aliphatic rings. The van der Waals surface area contributed by atoms with E-state index in [0.717, 1.165) is 15.4 Å². The van der Waals surface area contributed by atoms with Gasteiger partial charge in [-0.05, 0) is 36.8 Å². The molecule has 2 aromatic carbocycles. The van der Waals surface area contributed by atoms with Gasteiger partial charge in [-0.15, -0.1) is 0 Å². The lowest BCUT2D eigenvalue weighted by Crippen LogP contribution is -2.38. The van der Waals surface area contributed by atoms with E-state index in [4.69, 9.17) is 9.47 Å². The molecule has 0 saturated carbocycles. The van der Waals surface area contributed by atoms with Crippen molar-refractivity contribution < 1.29 is 22.7 Å². The number of sulfonamides is 1. The number of benzene rings is 2. The zero-order valence-corrected chi connectivity index (χ0v) is 15.4. The van der Waals surface area contributed by atoms with Crippen LogP contribution in [0.1, 0.15) is 11.1 Å². The van der Waals surface area contributed by atoms with Crippen LogP contribution in [-0.4, -0.2) is 39.0 Å². The monoisotopic (exact) mass is 376 g/mol. The highest BCUT2D eigenvalue weighted by Crippen LogP contribution is 2.32. The van der Waals surface area contributed by atoms with Crippen molar-refractivity contribution in [3.05, 3.63) is 53.6 Å². The van der Waals surface area contributed by atoms with E-state index in [2.05, 4.69) is 5.32 Å². The van der Waals surface area contributed by atoms with Crippen molar-refractivity contribution in [3.63, 3.8) is 0 Å². The van der Waals surface area contributed by atoms with Gasteiger partial charge < -0.3 is 14.8 Å². The summed E-state index contributed by atoms with van der Waals surface area (Å²) in [6, 6.07) is 11.9. The van der Waals surface area contributed by atoms with Crippen molar-refractivity contribution in [3.8, 4) is 11.5 Å². The molecule has 0 spiro atoms. The molecule has 0 bridgehead atoms. The molecular weight excluding hydrogens is 356 g/mol. The maximum Gasteiger partial charge on any atom is 0.243 e. The van der Waals surface area contributed by atoms with E-state index in [1.807, 2.05) is 13.0 Å². The van der Waals surface area contributed by atoms with Crippen LogP contribution >= 0.6 is 0 Å². The van der Waals surface area contributed by atoms with Crippen LogP contribution < -0.4 is 14.8 Å². The molecule has 0 radical (unpaired) electrons. The Balaban J connectivity index is 1.58. The molecule has 1 N–H and O–H groups in total. The molecule has 1 amide bonds. The Morgan fingerprint density at radius 1 is 1.12 bits per heavy atom. The average molecular weight is 376 g/mol. The zero-order valence-electron chi connectivity index (χ0n) is 14.6. The molecule has 0 aliphatic carbocycles. The smallest absolute Gasteiger partial charge is 0.243 e. The lowest BCUT2D eigenvalue weighted by atomic mass is 10.2. The minimum Gasteiger partial charge on any atom is -0.454 e. The Labute approximate surface area is 152 Å². The number of carbonyl (C=O) groups excluding carboxylic acids is 1. The van der Waals surface area contributed by atoms with Crippen LogP contribution in [0, 0.1) is 6.92 Å². The molecule has 0 unspecified atom stereocenters. The van der Waals surface area contributed by atoms with Gasteiger partial charge in [-0.25, -0.2) is 8.42 Å². The molecule has 8 heteroatoms. The van der Waals surface area contributed by atoms with Crippen molar-refractivity contribution in [1.29, 1.82) is 0 Å². The molecular formula is C18H20N2O5S. The van der Waals surface area contributed by atoms with E-state index in [1.54, 1.807) is 24.3 Å². The van der Waals surface area contributed by atoms with Crippen molar-refractivity contribution in [2.24, 2.45) is 0 Å². The normalized spacial score (nSPS) is 13.0. The van der Waals surface area contributed by atoms with Crippen LogP contribution in [0.4, 0.5) is 0 Å². The predicted molar refractivity (Wildman–Crippen MR) is 95.4 cm³/mol. The fourth-order valence-electron chi connectivity index (χ4n) is 2.48. The van der Waals surface area contributed by atoms with Gasteiger partial charge in [0.1, 0.15) is 0 Å². The van der Waals surface area contributed by atoms with Crippen LogP contribution in [0.15, 0.2) is 47.4 Å². The Morgan fingerprint density at radius 3 is 2.54 bits per heavy atom. The molecule has 2 aromatic rings. The second kappa shape index (κ2) is 7.35. The van der Waals surface area contributed by atoms with Gasteiger partial charge in [-0.2, -0.15) is 4.31 Å². The number of hydrogen-bond donors (Lipinski definition) is 1. The van der Waals surface area contributed by atoms with Crippen LogP contribution in [-0.2, 0) is 21.4 Å². The van der Waals surface area contributed by atoms with E-state index in [9.17, 15) is 13.2 Å².